The van der Waals surface area contributed by atoms with Crippen molar-refractivity contribution in [1.29, 1.82) is 0 Å². The van der Waals surface area contributed by atoms with Crippen molar-refractivity contribution < 1.29 is 9.53 Å². The third-order valence-electron chi connectivity index (χ3n) is 3.12. The monoisotopic (exact) mass is 304 g/mol. The molecular formula is C16H17ClN2O2. The number of hydrogen-bond donors (Lipinski definition) is 0. The number of fused-ring (bicyclic) bond motifs is 1. The summed E-state index contributed by atoms with van der Waals surface area (Å²) in [6.07, 6.45) is 1.68. The maximum Gasteiger partial charge on any atom is 0.272 e. The lowest BCUT2D eigenvalue weighted by atomic mass is 10.1. The Kier molecular flexibility index (Phi) is 5.31. The van der Waals surface area contributed by atoms with Crippen molar-refractivity contribution >= 4 is 28.3 Å². The molecule has 2 rings (SSSR count). The molecule has 0 fully saturated rings. The van der Waals surface area contributed by atoms with Gasteiger partial charge in [-0.3, -0.25) is 4.79 Å². The molecule has 0 aliphatic carbocycles. The molecule has 1 heterocycles. The number of rotatable bonds is 6. The summed E-state index contributed by atoms with van der Waals surface area (Å²) in [5, 5.41) is 2.07. The summed E-state index contributed by atoms with van der Waals surface area (Å²) >= 11 is 6.17. The quantitative estimate of drug-likeness (QED) is 0.608. The van der Waals surface area contributed by atoms with Gasteiger partial charge in [0.05, 0.1) is 6.61 Å². The topological polar surface area (TPSA) is 42.4 Å². The minimum absolute atomic E-state index is 0.181. The Hall–Kier alpha value is -1.91. The van der Waals surface area contributed by atoms with Crippen LogP contribution < -0.4 is 0 Å². The third kappa shape index (κ3) is 3.60. The van der Waals surface area contributed by atoms with E-state index in [2.05, 4.69) is 11.6 Å². The van der Waals surface area contributed by atoms with E-state index in [1.54, 1.807) is 24.2 Å². The molecule has 21 heavy (non-hydrogen) atoms. The Balaban J connectivity index is 2.34. The Morgan fingerprint density at radius 3 is 2.95 bits per heavy atom. The largest absolute Gasteiger partial charge is 0.383 e. The van der Waals surface area contributed by atoms with Crippen molar-refractivity contribution in [1.82, 2.24) is 9.88 Å². The van der Waals surface area contributed by atoms with Gasteiger partial charge >= 0.3 is 0 Å². The molecule has 1 aromatic carbocycles. The van der Waals surface area contributed by atoms with Crippen LogP contribution in [-0.2, 0) is 4.74 Å². The number of benzene rings is 1. The van der Waals surface area contributed by atoms with E-state index in [-0.39, 0.29) is 5.91 Å². The molecular weight excluding hydrogens is 288 g/mol. The highest BCUT2D eigenvalue weighted by atomic mass is 35.5. The molecule has 1 amide bonds. The maximum absolute atomic E-state index is 12.5. The van der Waals surface area contributed by atoms with Crippen LogP contribution in [-0.4, -0.2) is 42.6 Å². The average Bonchev–Trinajstić information content (AvgIpc) is 2.50. The van der Waals surface area contributed by atoms with E-state index in [0.717, 1.165) is 10.8 Å². The average molecular weight is 305 g/mol. The first kappa shape index (κ1) is 15.5. The van der Waals surface area contributed by atoms with Gasteiger partial charge in [0.25, 0.3) is 5.91 Å². The molecule has 0 unspecified atom stereocenters. The van der Waals surface area contributed by atoms with Crippen LogP contribution in [0.25, 0.3) is 10.8 Å². The molecule has 0 atom stereocenters. The molecule has 2 aromatic rings. The van der Waals surface area contributed by atoms with Gasteiger partial charge in [-0.1, -0.05) is 41.9 Å². The van der Waals surface area contributed by atoms with E-state index >= 15 is 0 Å². The maximum atomic E-state index is 12.5. The number of methoxy groups -OCH3 is 1. The standard InChI is InChI=1S/C16H17ClN2O2/c1-3-8-19(9-10-21-2)16(20)14-11-12-6-4-5-7-13(12)15(17)18-14/h3-7,11H,1,8-10H2,2H3. The van der Waals surface area contributed by atoms with Crippen molar-refractivity contribution in [2.45, 2.75) is 0 Å². The number of carbonyl (C=O) groups is 1. The number of ether oxygens (including phenoxy) is 1. The van der Waals surface area contributed by atoms with Crippen molar-refractivity contribution in [3.05, 3.63) is 53.8 Å². The van der Waals surface area contributed by atoms with Gasteiger partial charge < -0.3 is 9.64 Å². The van der Waals surface area contributed by atoms with Crippen LogP contribution >= 0.6 is 11.6 Å². The van der Waals surface area contributed by atoms with E-state index in [0.29, 0.717) is 30.5 Å². The molecule has 0 aliphatic rings. The van der Waals surface area contributed by atoms with Crippen LogP contribution in [0.5, 0.6) is 0 Å². The number of amides is 1. The summed E-state index contributed by atoms with van der Waals surface area (Å²) in [6, 6.07) is 9.34. The van der Waals surface area contributed by atoms with Crippen LogP contribution in [0.4, 0.5) is 0 Å². The Labute approximate surface area is 129 Å². The number of nitrogens with zero attached hydrogens (tertiary/aromatic N) is 2. The van der Waals surface area contributed by atoms with Crippen molar-refractivity contribution in [2.75, 3.05) is 26.8 Å². The molecule has 4 nitrogen and oxygen atoms in total. The normalized spacial score (nSPS) is 10.6. The molecule has 0 radical (unpaired) electrons. The fourth-order valence-corrected chi connectivity index (χ4v) is 2.32. The first-order valence-corrected chi connectivity index (χ1v) is 6.99. The number of hydrogen-bond acceptors (Lipinski definition) is 3. The van der Waals surface area contributed by atoms with E-state index in [1.165, 1.54) is 0 Å². The smallest absolute Gasteiger partial charge is 0.272 e. The molecule has 0 spiro atoms. The predicted molar refractivity (Wildman–Crippen MR) is 84.7 cm³/mol. The zero-order valence-corrected chi connectivity index (χ0v) is 12.6. The number of carbonyl (C=O) groups excluding carboxylic acids is 1. The van der Waals surface area contributed by atoms with Gasteiger partial charge in [-0.25, -0.2) is 4.98 Å². The van der Waals surface area contributed by atoms with Crippen LogP contribution in [0, 0.1) is 0 Å². The van der Waals surface area contributed by atoms with Crippen molar-refractivity contribution in [3.63, 3.8) is 0 Å². The van der Waals surface area contributed by atoms with E-state index in [1.807, 2.05) is 24.3 Å². The Morgan fingerprint density at radius 1 is 1.48 bits per heavy atom. The third-order valence-corrected chi connectivity index (χ3v) is 3.40. The zero-order valence-electron chi connectivity index (χ0n) is 11.9. The zero-order chi connectivity index (χ0) is 15.2. The van der Waals surface area contributed by atoms with Crippen LogP contribution in [0.1, 0.15) is 10.5 Å². The van der Waals surface area contributed by atoms with E-state index < -0.39 is 0 Å². The van der Waals surface area contributed by atoms with E-state index in [9.17, 15) is 4.79 Å². The first-order chi connectivity index (χ1) is 10.2. The molecule has 0 aliphatic heterocycles. The molecule has 5 heteroatoms. The van der Waals surface area contributed by atoms with Gasteiger partial charge in [-0.15, -0.1) is 6.58 Å². The molecule has 0 bridgehead atoms. The van der Waals surface area contributed by atoms with Gasteiger partial charge in [-0.05, 0) is 11.5 Å². The van der Waals surface area contributed by atoms with Gasteiger partial charge in [-0.2, -0.15) is 0 Å². The van der Waals surface area contributed by atoms with E-state index in [4.69, 9.17) is 16.3 Å². The second kappa shape index (κ2) is 7.20. The van der Waals surface area contributed by atoms with Gasteiger partial charge in [0.1, 0.15) is 10.8 Å². The summed E-state index contributed by atoms with van der Waals surface area (Å²) in [7, 11) is 1.60. The number of halogens is 1. The molecule has 0 N–H and O–H groups in total. The summed E-state index contributed by atoms with van der Waals surface area (Å²) in [6.45, 7) is 5.05. The molecule has 110 valence electrons. The minimum Gasteiger partial charge on any atom is -0.383 e. The summed E-state index contributed by atoms with van der Waals surface area (Å²) in [5.41, 5.74) is 0.330. The van der Waals surface area contributed by atoms with Gasteiger partial charge in [0.2, 0.25) is 0 Å². The van der Waals surface area contributed by atoms with Crippen LogP contribution in [0.2, 0.25) is 5.15 Å². The number of pyridine rings is 1. The van der Waals surface area contributed by atoms with Crippen LogP contribution in [0.3, 0.4) is 0 Å². The second-order valence-electron chi connectivity index (χ2n) is 4.55. The summed E-state index contributed by atoms with van der Waals surface area (Å²) in [4.78, 5) is 18.4. The Bertz CT molecular complexity index is 658. The SMILES string of the molecule is C=CCN(CCOC)C(=O)c1cc2ccccc2c(Cl)n1. The van der Waals surface area contributed by atoms with Crippen LogP contribution in [0.15, 0.2) is 43.0 Å². The lowest BCUT2D eigenvalue weighted by Crippen LogP contribution is -2.34. The highest BCUT2D eigenvalue weighted by Crippen LogP contribution is 2.22. The fourth-order valence-electron chi connectivity index (χ4n) is 2.06. The summed E-state index contributed by atoms with van der Waals surface area (Å²) in [5.74, 6) is -0.181. The fraction of sp³-hybridized carbons (Fsp3) is 0.250. The second-order valence-corrected chi connectivity index (χ2v) is 4.91. The lowest BCUT2D eigenvalue weighted by Gasteiger charge is -2.20. The highest BCUT2D eigenvalue weighted by Gasteiger charge is 2.17. The van der Waals surface area contributed by atoms with Crippen molar-refractivity contribution in [2.24, 2.45) is 0 Å². The van der Waals surface area contributed by atoms with Gasteiger partial charge in [0, 0.05) is 25.6 Å². The molecule has 1 aromatic heterocycles. The summed E-state index contributed by atoms with van der Waals surface area (Å²) < 4.78 is 5.02. The lowest BCUT2D eigenvalue weighted by molar-refractivity contribution is 0.0712. The Morgan fingerprint density at radius 2 is 2.24 bits per heavy atom. The minimum atomic E-state index is -0.181. The molecule has 0 saturated heterocycles. The first-order valence-electron chi connectivity index (χ1n) is 6.61. The number of aromatic nitrogens is 1. The molecule has 0 saturated carbocycles. The predicted octanol–water partition coefficient (Wildman–Crippen LogP) is 3.16. The highest BCUT2D eigenvalue weighted by molar-refractivity contribution is 6.34. The van der Waals surface area contributed by atoms with Gasteiger partial charge in [0.15, 0.2) is 0 Å². The van der Waals surface area contributed by atoms with Crippen molar-refractivity contribution in [3.8, 4) is 0 Å².